The Bertz CT molecular complexity index is 399. The Morgan fingerprint density at radius 3 is 2.44 bits per heavy atom. The normalized spacial score (nSPS) is 13.2. The van der Waals surface area contributed by atoms with Gasteiger partial charge >= 0.3 is 0 Å². The lowest BCUT2D eigenvalue weighted by Crippen LogP contribution is -2.51. The predicted octanol–water partition coefficient (Wildman–Crippen LogP) is 2.36. The van der Waals surface area contributed by atoms with Crippen LogP contribution in [0.2, 0.25) is 0 Å². The summed E-state index contributed by atoms with van der Waals surface area (Å²) >= 11 is 1.50. The molecule has 0 fully saturated rings. The van der Waals surface area contributed by atoms with E-state index in [-0.39, 0.29) is 5.91 Å². The summed E-state index contributed by atoms with van der Waals surface area (Å²) in [5.74, 6) is 0.297. The lowest BCUT2D eigenvalue weighted by atomic mass is 9.99. The standard InChI is InChI=1S/C14H21NO2S/c1-10-5-7-12(8-6-10)18-9-13(17)15-14(3,4)11(2)16/h5-8,11,16H,9H2,1-4H3,(H,15,17). The quantitative estimate of drug-likeness (QED) is 0.805. The molecule has 0 aliphatic rings. The van der Waals surface area contributed by atoms with Crippen LogP contribution in [-0.2, 0) is 4.79 Å². The molecule has 0 heterocycles. The average molecular weight is 267 g/mol. The summed E-state index contributed by atoms with van der Waals surface area (Å²) in [6.45, 7) is 7.33. The van der Waals surface area contributed by atoms with Crippen molar-refractivity contribution in [2.75, 3.05) is 5.75 Å². The van der Waals surface area contributed by atoms with Gasteiger partial charge in [-0.25, -0.2) is 0 Å². The van der Waals surface area contributed by atoms with E-state index in [4.69, 9.17) is 0 Å². The van der Waals surface area contributed by atoms with Crippen LogP contribution in [0, 0.1) is 6.92 Å². The lowest BCUT2D eigenvalue weighted by molar-refractivity contribution is -0.121. The van der Waals surface area contributed by atoms with Gasteiger partial charge in [-0.3, -0.25) is 4.79 Å². The topological polar surface area (TPSA) is 49.3 Å². The third kappa shape index (κ3) is 4.70. The minimum atomic E-state index is -0.592. The molecule has 0 saturated heterocycles. The van der Waals surface area contributed by atoms with Crippen molar-refractivity contribution in [2.45, 2.75) is 44.2 Å². The third-order valence-corrected chi connectivity index (χ3v) is 3.91. The SMILES string of the molecule is Cc1ccc(SCC(=O)NC(C)(C)C(C)O)cc1. The Balaban J connectivity index is 2.44. The number of nitrogens with one attached hydrogen (secondary N) is 1. The molecule has 1 aromatic carbocycles. The Morgan fingerprint density at radius 1 is 1.39 bits per heavy atom. The van der Waals surface area contributed by atoms with Crippen LogP contribution >= 0.6 is 11.8 Å². The van der Waals surface area contributed by atoms with Gasteiger partial charge in [-0.2, -0.15) is 0 Å². The summed E-state index contributed by atoms with van der Waals surface area (Å²) < 4.78 is 0. The number of carbonyl (C=O) groups excluding carboxylic acids is 1. The van der Waals surface area contributed by atoms with E-state index in [1.54, 1.807) is 6.92 Å². The minimum Gasteiger partial charge on any atom is -0.391 e. The zero-order valence-corrected chi connectivity index (χ0v) is 12.2. The molecular weight excluding hydrogens is 246 g/mol. The van der Waals surface area contributed by atoms with Crippen molar-refractivity contribution in [3.8, 4) is 0 Å². The first-order valence-corrected chi connectivity index (χ1v) is 6.98. The molecule has 3 nitrogen and oxygen atoms in total. The van der Waals surface area contributed by atoms with Crippen LogP contribution in [0.25, 0.3) is 0 Å². The lowest BCUT2D eigenvalue weighted by Gasteiger charge is -2.29. The van der Waals surface area contributed by atoms with E-state index in [1.807, 2.05) is 45.0 Å². The van der Waals surface area contributed by atoms with E-state index in [0.29, 0.717) is 5.75 Å². The van der Waals surface area contributed by atoms with E-state index in [2.05, 4.69) is 5.32 Å². The fraction of sp³-hybridized carbons (Fsp3) is 0.500. The second-order valence-electron chi connectivity index (χ2n) is 5.05. The van der Waals surface area contributed by atoms with Crippen LogP contribution in [0.1, 0.15) is 26.3 Å². The molecule has 1 rings (SSSR count). The Kier molecular flexibility index (Phi) is 5.23. The summed E-state index contributed by atoms with van der Waals surface area (Å²) in [6, 6.07) is 8.07. The highest BCUT2D eigenvalue weighted by Gasteiger charge is 2.25. The van der Waals surface area contributed by atoms with E-state index in [9.17, 15) is 9.90 Å². The average Bonchev–Trinajstić information content (AvgIpc) is 2.27. The number of hydrogen-bond donors (Lipinski definition) is 2. The first-order valence-electron chi connectivity index (χ1n) is 6.00. The molecule has 0 radical (unpaired) electrons. The van der Waals surface area contributed by atoms with Gasteiger partial charge in [-0.15, -0.1) is 11.8 Å². The molecule has 0 saturated carbocycles. The highest BCUT2D eigenvalue weighted by molar-refractivity contribution is 8.00. The van der Waals surface area contributed by atoms with Gasteiger partial charge in [0.15, 0.2) is 0 Å². The van der Waals surface area contributed by atoms with Crippen molar-refractivity contribution in [3.05, 3.63) is 29.8 Å². The fourth-order valence-electron chi connectivity index (χ4n) is 1.28. The van der Waals surface area contributed by atoms with Crippen LogP contribution in [0.3, 0.4) is 0 Å². The van der Waals surface area contributed by atoms with Crippen LogP contribution in [0.5, 0.6) is 0 Å². The molecule has 1 unspecified atom stereocenters. The number of aliphatic hydroxyl groups excluding tert-OH is 1. The number of benzene rings is 1. The van der Waals surface area contributed by atoms with Gasteiger partial charge in [0.1, 0.15) is 0 Å². The highest BCUT2D eigenvalue weighted by Crippen LogP contribution is 2.18. The second-order valence-corrected chi connectivity index (χ2v) is 6.10. The summed E-state index contributed by atoms with van der Waals surface area (Å²) in [5, 5.41) is 12.4. The van der Waals surface area contributed by atoms with Gasteiger partial charge in [0.2, 0.25) is 5.91 Å². The summed E-state index contributed by atoms with van der Waals surface area (Å²) in [6.07, 6.45) is -0.578. The van der Waals surface area contributed by atoms with Crippen LogP contribution in [0.4, 0.5) is 0 Å². The Labute approximate surface area is 113 Å². The highest BCUT2D eigenvalue weighted by atomic mass is 32.2. The van der Waals surface area contributed by atoms with Gasteiger partial charge in [0, 0.05) is 4.90 Å². The maximum absolute atomic E-state index is 11.8. The summed E-state index contributed by atoms with van der Waals surface area (Å²) in [5.41, 5.74) is 0.615. The number of rotatable bonds is 5. The Morgan fingerprint density at radius 2 is 1.94 bits per heavy atom. The molecule has 4 heteroatoms. The van der Waals surface area contributed by atoms with E-state index < -0.39 is 11.6 Å². The fourth-order valence-corrected chi connectivity index (χ4v) is 1.98. The van der Waals surface area contributed by atoms with Gasteiger partial charge in [0.05, 0.1) is 17.4 Å². The van der Waals surface area contributed by atoms with Crippen molar-refractivity contribution >= 4 is 17.7 Å². The minimum absolute atomic E-state index is 0.0634. The number of carbonyl (C=O) groups is 1. The van der Waals surface area contributed by atoms with Gasteiger partial charge < -0.3 is 10.4 Å². The number of aryl methyl sites for hydroxylation is 1. The molecule has 18 heavy (non-hydrogen) atoms. The molecule has 100 valence electrons. The van der Waals surface area contributed by atoms with Crippen molar-refractivity contribution in [1.29, 1.82) is 0 Å². The van der Waals surface area contributed by atoms with Crippen molar-refractivity contribution in [3.63, 3.8) is 0 Å². The van der Waals surface area contributed by atoms with Gasteiger partial charge in [-0.05, 0) is 39.8 Å². The zero-order chi connectivity index (χ0) is 13.8. The molecule has 1 amide bonds. The molecule has 0 spiro atoms. The predicted molar refractivity (Wildman–Crippen MR) is 75.8 cm³/mol. The molecule has 0 aliphatic heterocycles. The molecular formula is C14H21NO2S. The van der Waals surface area contributed by atoms with Crippen LogP contribution < -0.4 is 5.32 Å². The molecule has 2 N–H and O–H groups in total. The van der Waals surface area contributed by atoms with Crippen LogP contribution in [-0.4, -0.2) is 28.4 Å². The van der Waals surface area contributed by atoms with E-state index in [0.717, 1.165) is 4.90 Å². The largest absolute Gasteiger partial charge is 0.391 e. The number of hydrogen-bond acceptors (Lipinski definition) is 3. The summed E-state index contributed by atoms with van der Waals surface area (Å²) in [7, 11) is 0. The zero-order valence-electron chi connectivity index (χ0n) is 11.4. The molecule has 1 atom stereocenters. The van der Waals surface area contributed by atoms with E-state index >= 15 is 0 Å². The molecule has 0 aliphatic carbocycles. The maximum atomic E-state index is 11.8. The van der Waals surface area contributed by atoms with Gasteiger partial charge in [0.25, 0.3) is 0 Å². The van der Waals surface area contributed by atoms with Crippen molar-refractivity contribution in [1.82, 2.24) is 5.32 Å². The molecule has 0 aromatic heterocycles. The van der Waals surface area contributed by atoms with Crippen LogP contribution in [0.15, 0.2) is 29.2 Å². The van der Waals surface area contributed by atoms with Gasteiger partial charge in [-0.1, -0.05) is 17.7 Å². The maximum Gasteiger partial charge on any atom is 0.230 e. The first-order chi connectivity index (χ1) is 8.31. The number of amides is 1. The third-order valence-electron chi connectivity index (χ3n) is 2.90. The van der Waals surface area contributed by atoms with Crippen molar-refractivity contribution in [2.24, 2.45) is 0 Å². The molecule has 0 bridgehead atoms. The molecule has 1 aromatic rings. The summed E-state index contributed by atoms with van der Waals surface area (Å²) in [4.78, 5) is 12.8. The number of aliphatic hydroxyl groups is 1. The smallest absolute Gasteiger partial charge is 0.230 e. The van der Waals surface area contributed by atoms with E-state index in [1.165, 1.54) is 17.3 Å². The Hall–Kier alpha value is -1.00. The number of thioether (sulfide) groups is 1. The second kappa shape index (κ2) is 6.25. The monoisotopic (exact) mass is 267 g/mol. The first kappa shape index (κ1) is 15.1. The van der Waals surface area contributed by atoms with Crippen molar-refractivity contribution < 1.29 is 9.90 Å².